The van der Waals surface area contributed by atoms with Gasteiger partial charge < -0.3 is 10.1 Å². The topological polar surface area (TPSA) is 21.3 Å². The summed E-state index contributed by atoms with van der Waals surface area (Å²) in [6.45, 7) is 9.33. The zero-order valence-corrected chi connectivity index (χ0v) is 12.0. The van der Waals surface area contributed by atoms with E-state index in [0.29, 0.717) is 5.75 Å². The van der Waals surface area contributed by atoms with Gasteiger partial charge in [0, 0.05) is 11.6 Å². The highest BCUT2D eigenvalue weighted by molar-refractivity contribution is 5.30. The van der Waals surface area contributed by atoms with Crippen molar-refractivity contribution in [3.05, 3.63) is 29.6 Å². The predicted octanol–water partition coefficient (Wildman–Crippen LogP) is 3.72. The average Bonchev–Trinajstić information content (AvgIpc) is 2.26. The number of nitrogens with one attached hydrogen (secondary N) is 1. The number of halogens is 1. The van der Waals surface area contributed by atoms with Gasteiger partial charge in [0.1, 0.15) is 11.6 Å². The molecule has 0 saturated heterocycles. The largest absolute Gasteiger partial charge is 0.497 e. The lowest BCUT2D eigenvalue weighted by molar-refractivity contribution is 0.406. The molecule has 1 unspecified atom stereocenters. The standard InChI is InChI=1S/C15H24FNO/c1-11(8-9-17-15(2,3)4)13-7-6-12(18-5)10-14(13)16/h6-7,10-11,17H,8-9H2,1-5H3. The quantitative estimate of drug-likeness (QED) is 0.863. The number of methoxy groups -OCH3 is 1. The SMILES string of the molecule is COc1ccc(C(C)CCNC(C)(C)C)c(F)c1. The van der Waals surface area contributed by atoms with Crippen LogP contribution in [0.15, 0.2) is 18.2 Å². The zero-order chi connectivity index (χ0) is 13.8. The lowest BCUT2D eigenvalue weighted by Crippen LogP contribution is -2.36. The van der Waals surface area contributed by atoms with Crippen molar-refractivity contribution in [1.82, 2.24) is 5.32 Å². The van der Waals surface area contributed by atoms with E-state index in [4.69, 9.17) is 4.74 Å². The molecule has 0 radical (unpaired) electrons. The van der Waals surface area contributed by atoms with Crippen molar-refractivity contribution in [2.75, 3.05) is 13.7 Å². The Kier molecular flexibility index (Phi) is 5.15. The van der Waals surface area contributed by atoms with Crippen LogP contribution in [0.4, 0.5) is 4.39 Å². The summed E-state index contributed by atoms with van der Waals surface area (Å²) in [7, 11) is 1.55. The van der Waals surface area contributed by atoms with Crippen LogP contribution in [-0.4, -0.2) is 19.2 Å². The summed E-state index contributed by atoms with van der Waals surface area (Å²) < 4.78 is 18.9. The Balaban J connectivity index is 2.59. The predicted molar refractivity (Wildman–Crippen MR) is 73.7 cm³/mol. The smallest absolute Gasteiger partial charge is 0.130 e. The highest BCUT2D eigenvalue weighted by atomic mass is 19.1. The van der Waals surface area contributed by atoms with Crippen molar-refractivity contribution in [2.24, 2.45) is 0 Å². The van der Waals surface area contributed by atoms with Crippen molar-refractivity contribution < 1.29 is 9.13 Å². The number of hydrogen-bond acceptors (Lipinski definition) is 2. The van der Waals surface area contributed by atoms with Gasteiger partial charge in [-0.2, -0.15) is 0 Å². The minimum atomic E-state index is -0.183. The van der Waals surface area contributed by atoms with Gasteiger partial charge >= 0.3 is 0 Å². The van der Waals surface area contributed by atoms with Crippen LogP contribution < -0.4 is 10.1 Å². The van der Waals surface area contributed by atoms with Crippen LogP contribution in [0.1, 0.15) is 45.6 Å². The fourth-order valence-electron chi connectivity index (χ4n) is 1.85. The van der Waals surface area contributed by atoms with Crippen LogP contribution in [0, 0.1) is 5.82 Å². The van der Waals surface area contributed by atoms with Crippen LogP contribution in [0.5, 0.6) is 5.75 Å². The molecule has 0 aromatic heterocycles. The lowest BCUT2D eigenvalue weighted by Gasteiger charge is -2.22. The van der Waals surface area contributed by atoms with Crippen LogP contribution >= 0.6 is 0 Å². The van der Waals surface area contributed by atoms with E-state index in [0.717, 1.165) is 18.5 Å². The van der Waals surface area contributed by atoms with Gasteiger partial charge in [-0.05, 0) is 51.3 Å². The van der Waals surface area contributed by atoms with E-state index < -0.39 is 0 Å². The molecule has 0 amide bonds. The van der Waals surface area contributed by atoms with Crippen LogP contribution in [-0.2, 0) is 0 Å². The molecule has 1 atom stereocenters. The molecule has 2 nitrogen and oxygen atoms in total. The Bertz CT molecular complexity index is 385. The second-order valence-corrected chi connectivity index (χ2v) is 5.75. The molecule has 102 valence electrons. The van der Waals surface area contributed by atoms with E-state index in [2.05, 4.69) is 33.0 Å². The average molecular weight is 253 g/mol. The van der Waals surface area contributed by atoms with Gasteiger partial charge in [0.05, 0.1) is 7.11 Å². The summed E-state index contributed by atoms with van der Waals surface area (Å²) >= 11 is 0. The molecule has 0 aliphatic carbocycles. The van der Waals surface area contributed by atoms with Gasteiger partial charge in [-0.3, -0.25) is 0 Å². The summed E-state index contributed by atoms with van der Waals surface area (Å²) in [5.41, 5.74) is 0.865. The zero-order valence-electron chi connectivity index (χ0n) is 12.0. The first kappa shape index (κ1) is 15.0. The van der Waals surface area contributed by atoms with Gasteiger partial charge in [-0.1, -0.05) is 13.0 Å². The first-order chi connectivity index (χ1) is 8.33. The van der Waals surface area contributed by atoms with E-state index >= 15 is 0 Å². The third-order valence-corrected chi connectivity index (χ3v) is 2.97. The Morgan fingerprint density at radius 3 is 2.50 bits per heavy atom. The lowest BCUT2D eigenvalue weighted by atomic mass is 9.96. The van der Waals surface area contributed by atoms with Gasteiger partial charge in [0.15, 0.2) is 0 Å². The van der Waals surface area contributed by atoms with Crippen molar-refractivity contribution in [2.45, 2.75) is 45.6 Å². The van der Waals surface area contributed by atoms with Gasteiger partial charge in [-0.25, -0.2) is 4.39 Å². The molecule has 0 heterocycles. The highest BCUT2D eigenvalue weighted by Gasteiger charge is 2.13. The van der Waals surface area contributed by atoms with Crippen molar-refractivity contribution in [3.8, 4) is 5.75 Å². The van der Waals surface area contributed by atoms with Gasteiger partial charge in [-0.15, -0.1) is 0 Å². The third-order valence-electron chi connectivity index (χ3n) is 2.97. The monoisotopic (exact) mass is 253 g/mol. The third kappa shape index (κ3) is 4.65. The van der Waals surface area contributed by atoms with Crippen molar-refractivity contribution >= 4 is 0 Å². The molecule has 18 heavy (non-hydrogen) atoms. The van der Waals surface area contributed by atoms with Crippen LogP contribution in [0.3, 0.4) is 0 Å². The number of ether oxygens (including phenoxy) is 1. The summed E-state index contributed by atoms with van der Waals surface area (Å²) in [4.78, 5) is 0. The minimum absolute atomic E-state index is 0.109. The second kappa shape index (κ2) is 6.19. The number of benzene rings is 1. The fourth-order valence-corrected chi connectivity index (χ4v) is 1.85. The van der Waals surface area contributed by atoms with E-state index in [-0.39, 0.29) is 17.3 Å². The van der Waals surface area contributed by atoms with Gasteiger partial charge in [0.25, 0.3) is 0 Å². The summed E-state index contributed by atoms with van der Waals surface area (Å²) in [5, 5.41) is 3.42. The minimum Gasteiger partial charge on any atom is -0.497 e. The number of rotatable bonds is 5. The van der Waals surface area contributed by atoms with Crippen LogP contribution in [0.25, 0.3) is 0 Å². The van der Waals surface area contributed by atoms with E-state index in [9.17, 15) is 4.39 Å². The van der Waals surface area contributed by atoms with Crippen molar-refractivity contribution in [3.63, 3.8) is 0 Å². The van der Waals surface area contributed by atoms with Crippen LogP contribution in [0.2, 0.25) is 0 Å². The Morgan fingerprint density at radius 2 is 2.00 bits per heavy atom. The maximum absolute atomic E-state index is 13.8. The molecular weight excluding hydrogens is 229 g/mol. The first-order valence-corrected chi connectivity index (χ1v) is 6.42. The summed E-state index contributed by atoms with van der Waals surface area (Å²) in [5.74, 6) is 0.583. The highest BCUT2D eigenvalue weighted by Crippen LogP contribution is 2.25. The maximum Gasteiger partial charge on any atom is 0.130 e. The molecule has 0 fully saturated rings. The molecule has 0 saturated carbocycles. The molecule has 0 aliphatic rings. The second-order valence-electron chi connectivity index (χ2n) is 5.75. The number of hydrogen-bond donors (Lipinski definition) is 1. The molecule has 1 rings (SSSR count). The molecule has 1 aromatic rings. The Hall–Kier alpha value is -1.09. The van der Waals surface area contributed by atoms with E-state index in [1.54, 1.807) is 7.11 Å². The Labute approximate surface area is 110 Å². The molecule has 3 heteroatoms. The first-order valence-electron chi connectivity index (χ1n) is 6.42. The Morgan fingerprint density at radius 1 is 1.33 bits per heavy atom. The molecule has 0 aliphatic heterocycles. The molecule has 0 bridgehead atoms. The fraction of sp³-hybridized carbons (Fsp3) is 0.600. The van der Waals surface area contributed by atoms with E-state index in [1.807, 2.05) is 12.1 Å². The molecule has 1 aromatic carbocycles. The molecule has 0 spiro atoms. The normalized spacial score (nSPS) is 13.4. The summed E-state index contributed by atoms with van der Waals surface area (Å²) in [6, 6.07) is 5.07. The maximum atomic E-state index is 13.8. The van der Waals surface area contributed by atoms with Crippen molar-refractivity contribution in [1.29, 1.82) is 0 Å². The van der Waals surface area contributed by atoms with Gasteiger partial charge in [0.2, 0.25) is 0 Å². The summed E-state index contributed by atoms with van der Waals surface area (Å²) in [6.07, 6.45) is 0.917. The van der Waals surface area contributed by atoms with E-state index in [1.165, 1.54) is 6.07 Å². The molecular formula is C15H24FNO. The molecule has 1 N–H and O–H groups in total.